The van der Waals surface area contributed by atoms with Gasteiger partial charge in [0.2, 0.25) is 0 Å². The maximum atomic E-state index is 12.7. The number of aryl methyl sites for hydroxylation is 2. The molecule has 1 atom stereocenters. The number of hydrogen-bond donors (Lipinski definition) is 1. The molecule has 2 heterocycles. The zero-order chi connectivity index (χ0) is 38.9. The number of benzene rings is 2. The van der Waals surface area contributed by atoms with E-state index in [-0.39, 0.29) is 53.9 Å². The molecule has 0 spiro atoms. The highest BCUT2D eigenvalue weighted by atomic mass is 16.5. The van der Waals surface area contributed by atoms with Gasteiger partial charge in [-0.15, -0.1) is 0 Å². The van der Waals surface area contributed by atoms with Crippen LogP contribution in [-0.2, 0) is 12.8 Å². The summed E-state index contributed by atoms with van der Waals surface area (Å²) >= 11 is 0. The Bertz CT molecular complexity index is 1930. The summed E-state index contributed by atoms with van der Waals surface area (Å²) in [6.07, 6.45) is 3.98. The molecule has 4 aromatic rings. The highest BCUT2D eigenvalue weighted by Crippen LogP contribution is 2.42. The Hall–Kier alpha value is -4.31. The molecule has 0 fully saturated rings. The summed E-state index contributed by atoms with van der Waals surface area (Å²) in [5, 5.41) is 1.52. The van der Waals surface area contributed by atoms with E-state index in [2.05, 4.69) is 6.92 Å². The molecule has 2 aromatic heterocycles. The van der Waals surface area contributed by atoms with Gasteiger partial charge < -0.3 is 33.5 Å². The second kappa shape index (κ2) is 19.0. The SMILES string of the molecule is CCCc1cc(=O)oc2c(C(=O)CC)c(OC(C)C)cc(OC(C)C)c12.CCCc1cc(=O)oc2c(C(N)CC)c(OC(C)C)cc(OC(C)C)c12. The summed E-state index contributed by atoms with van der Waals surface area (Å²) in [4.78, 5) is 37.0. The normalized spacial score (nSPS) is 12.1. The Kier molecular flexibility index (Phi) is 15.4. The molecule has 0 saturated heterocycles. The number of ketones is 1. The van der Waals surface area contributed by atoms with Gasteiger partial charge in [0.1, 0.15) is 28.6 Å². The standard InChI is InChI=1S/C21H31NO4.C21H28O5/c2*1-7-9-14-10-18(23)26-21-19(14)16(24-12(3)4)11-17(25-13(5)6)20(21)15(22)8-2/h10-13,15H,7-9,22H2,1-6H3;10-13H,7-9H2,1-6H3. The Labute approximate surface area is 308 Å². The Morgan fingerprint density at radius 3 is 1.44 bits per heavy atom. The molecule has 2 N–H and O–H groups in total. The van der Waals surface area contributed by atoms with Crippen LogP contribution in [0.3, 0.4) is 0 Å². The molecule has 286 valence electrons. The fraction of sp³-hybridized carbons (Fsp3) is 0.548. The molecule has 10 heteroatoms. The fourth-order valence-corrected chi connectivity index (χ4v) is 6.07. The maximum absolute atomic E-state index is 12.7. The van der Waals surface area contributed by atoms with E-state index in [1.165, 1.54) is 6.07 Å². The summed E-state index contributed by atoms with van der Waals surface area (Å²) in [6.45, 7) is 23.4. The Morgan fingerprint density at radius 2 is 1.02 bits per heavy atom. The number of ether oxygens (including phenoxy) is 4. The minimum atomic E-state index is -0.469. The van der Waals surface area contributed by atoms with Crippen LogP contribution in [0, 0.1) is 0 Å². The molecule has 0 radical (unpaired) electrons. The number of fused-ring (bicyclic) bond motifs is 2. The first-order valence-corrected chi connectivity index (χ1v) is 18.8. The lowest BCUT2D eigenvalue weighted by molar-refractivity contribution is 0.0983. The van der Waals surface area contributed by atoms with E-state index in [1.54, 1.807) is 19.1 Å². The quantitative estimate of drug-likeness (QED) is 0.0878. The van der Waals surface area contributed by atoms with Gasteiger partial charge in [-0.05, 0) is 85.8 Å². The first-order chi connectivity index (χ1) is 24.6. The molecular weight excluding hydrogens is 662 g/mol. The second-order valence-electron chi connectivity index (χ2n) is 14.1. The van der Waals surface area contributed by atoms with Crippen LogP contribution in [0.15, 0.2) is 42.7 Å². The van der Waals surface area contributed by atoms with Gasteiger partial charge in [-0.25, -0.2) is 9.59 Å². The van der Waals surface area contributed by atoms with E-state index in [0.717, 1.165) is 41.3 Å². The highest BCUT2D eigenvalue weighted by Gasteiger charge is 2.26. The van der Waals surface area contributed by atoms with Crippen molar-refractivity contribution in [2.24, 2.45) is 5.73 Å². The number of hydrogen-bond acceptors (Lipinski definition) is 10. The van der Waals surface area contributed by atoms with Crippen LogP contribution in [0.5, 0.6) is 23.0 Å². The van der Waals surface area contributed by atoms with Crippen LogP contribution in [0.25, 0.3) is 21.9 Å². The third-order valence-corrected chi connectivity index (χ3v) is 7.99. The zero-order valence-electron chi connectivity index (χ0n) is 33.2. The van der Waals surface area contributed by atoms with Gasteiger partial charge in [-0.1, -0.05) is 40.5 Å². The number of rotatable bonds is 16. The molecule has 10 nitrogen and oxygen atoms in total. The minimum Gasteiger partial charge on any atom is -0.490 e. The summed E-state index contributed by atoms with van der Waals surface area (Å²) in [6, 6.07) is 6.40. The Morgan fingerprint density at radius 1 is 0.615 bits per heavy atom. The van der Waals surface area contributed by atoms with Crippen molar-refractivity contribution in [3.63, 3.8) is 0 Å². The summed E-state index contributed by atoms with van der Waals surface area (Å²) in [5.41, 5.74) is 9.11. The van der Waals surface area contributed by atoms with Crippen molar-refractivity contribution in [1.29, 1.82) is 0 Å². The lowest BCUT2D eigenvalue weighted by Crippen LogP contribution is -2.17. The molecule has 0 aliphatic heterocycles. The molecule has 0 saturated carbocycles. The van der Waals surface area contributed by atoms with Crippen molar-refractivity contribution in [3.8, 4) is 23.0 Å². The van der Waals surface area contributed by atoms with E-state index in [4.69, 9.17) is 33.5 Å². The first-order valence-electron chi connectivity index (χ1n) is 18.8. The van der Waals surface area contributed by atoms with E-state index < -0.39 is 5.63 Å². The molecule has 52 heavy (non-hydrogen) atoms. The average Bonchev–Trinajstić information content (AvgIpc) is 3.03. The molecule has 1 unspecified atom stereocenters. The second-order valence-corrected chi connectivity index (χ2v) is 14.1. The van der Waals surface area contributed by atoms with Gasteiger partial charge in [-0.3, -0.25) is 4.79 Å². The number of carbonyl (C=O) groups excluding carboxylic acids is 1. The number of carbonyl (C=O) groups is 1. The van der Waals surface area contributed by atoms with Crippen LogP contribution in [-0.4, -0.2) is 30.2 Å². The fourth-order valence-electron chi connectivity index (χ4n) is 6.07. The largest absolute Gasteiger partial charge is 0.490 e. The molecule has 0 aliphatic carbocycles. The topological polar surface area (TPSA) is 140 Å². The third kappa shape index (κ3) is 10.4. The van der Waals surface area contributed by atoms with Gasteiger partial charge in [-0.2, -0.15) is 0 Å². The smallest absolute Gasteiger partial charge is 0.336 e. The van der Waals surface area contributed by atoms with Crippen molar-refractivity contribution < 1.29 is 32.6 Å². The summed E-state index contributed by atoms with van der Waals surface area (Å²) in [5.74, 6) is 2.13. The Balaban J connectivity index is 0.000000280. The van der Waals surface area contributed by atoms with Gasteiger partial charge in [0.15, 0.2) is 16.9 Å². The lowest BCUT2D eigenvalue weighted by atomic mass is 9.96. The maximum Gasteiger partial charge on any atom is 0.336 e. The molecule has 0 bridgehead atoms. The molecule has 4 rings (SSSR count). The number of Topliss-reactive ketones (excluding diaryl/α,β-unsaturated/α-hetero) is 1. The van der Waals surface area contributed by atoms with Crippen LogP contribution >= 0.6 is 0 Å². The van der Waals surface area contributed by atoms with Gasteiger partial charge in [0.25, 0.3) is 0 Å². The third-order valence-electron chi connectivity index (χ3n) is 7.99. The first kappa shape index (κ1) is 42.1. The summed E-state index contributed by atoms with van der Waals surface area (Å²) < 4.78 is 35.1. The van der Waals surface area contributed by atoms with Gasteiger partial charge >= 0.3 is 11.3 Å². The van der Waals surface area contributed by atoms with E-state index >= 15 is 0 Å². The van der Waals surface area contributed by atoms with Crippen molar-refractivity contribution in [2.45, 2.75) is 152 Å². The molecule has 2 aromatic carbocycles. The predicted octanol–water partition coefficient (Wildman–Crippen LogP) is 9.64. The van der Waals surface area contributed by atoms with E-state index in [9.17, 15) is 14.4 Å². The van der Waals surface area contributed by atoms with Crippen molar-refractivity contribution in [1.82, 2.24) is 0 Å². The van der Waals surface area contributed by atoms with E-state index in [0.29, 0.717) is 52.4 Å². The number of nitrogens with two attached hydrogens (primary N) is 1. The molecule has 0 aliphatic rings. The lowest BCUT2D eigenvalue weighted by Gasteiger charge is -2.23. The van der Waals surface area contributed by atoms with Crippen molar-refractivity contribution >= 4 is 27.7 Å². The van der Waals surface area contributed by atoms with Crippen molar-refractivity contribution in [3.05, 3.63) is 67.4 Å². The molecule has 0 amide bonds. The zero-order valence-corrected chi connectivity index (χ0v) is 33.2. The van der Waals surface area contributed by atoms with Crippen LogP contribution in [0.2, 0.25) is 0 Å². The predicted molar refractivity (Wildman–Crippen MR) is 208 cm³/mol. The van der Waals surface area contributed by atoms with E-state index in [1.807, 2.05) is 75.3 Å². The minimum absolute atomic E-state index is 0.0165. The average molecular weight is 722 g/mol. The molecular formula is C42H59NO9. The van der Waals surface area contributed by atoms with Gasteiger partial charge in [0.05, 0.1) is 40.8 Å². The van der Waals surface area contributed by atoms with Crippen LogP contribution < -0.4 is 35.9 Å². The van der Waals surface area contributed by atoms with Gasteiger partial charge in [0, 0.05) is 36.7 Å². The van der Waals surface area contributed by atoms with Crippen LogP contribution in [0.1, 0.15) is 142 Å². The monoisotopic (exact) mass is 721 g/mol. The van der Waals surface area contributed by atoms with Crippen LogP contribution in [0.4, 0.5) is 0 Å². The summed E-state index contributed by atoms with van der Waals surface area (Å²) in [7, 11) is 0. The van der Waals surface area contributed by atoms with Crippen molar-refractivity contribution in [2.75, 3.05) is 0 Å². The highest BCUT2D eigenvalue weighted by molar-refractivity contribution is 6.10.